The Hall–Kier alpha value is -4.20. The Morgan fingerprint density at radius 2 is 1.51 bits per heavy atom. The van der Waals surface area contributed by atoms with E-state index in [-0.39, 0.29) is 38.2 Å². The molecule has 0 aliphatic heterocycles. The molecule has 4 unspecified atom stereocenters. The molecule has 0 fully saturated rings. The topological polar surface area (TPSA) is 258 Å². The Kier molecular flexibility index (Phi) is 13.1. The van der Waals surface area contributed by atoms with Crippen LogP contribution in [0.25, 0.3) is 0 Å². The van der Waals surface area contributed by atoms with E-state index < -0.39 is 53.8 Å². The van der Waals surface area contributed by atoms with Crippen LogP contribution < -0.4 is 38.9 Å². The third kappa shape index (κ3) is 12.4. The van der Waals surface area contributed by atoms with Gasteiger partial charge in [-0.15, -0.1) is 0 Å². The highest BCUT2D eigenvalue weighted by molar-refractivity contribution is 5.94. The van der Waals surface area contributed by atoms with Gasteiger partial charge in [-0.05, 0) is 31.7 Å². The molecule has 12 N–H and O–H groups in total. The third-order valence-electron chi connectivity index (χ3n) is 5.27. The van der Waals surface area contributed by atoms with Crippen molar-refractivity contribution < 1.29 is 29.1 Å². The number of amides is 4. The molecule has 1 aromatic rings. The van der Waals surface area contributed by atoms with E-state index in [0.717, 1.165) is 0 Å². The van der Waals surface area contributed by atoms with Crippen molar-refractivity contribution in [1.29, 1.82) is 0 Å². The second-order valence-corrected chi connectivity index (χ2v) is 8.44. The van der Waals surface area contributed by atoms with Gasteiger partial charge in [0.15, 0.2) is 5.96 Å². The number of nitrogens with one attached hydrogen (secondary N) is 3. The normalized spacial score (nSPS) is 13.8. The number of hydrogen-bond donors (Lipinski definition) is 8. The zero-order chi connectivity index (χ0) is 28.0. The molecule has 14 heteroatoms. The molecule has 4 amide bonds. The third-order valence-corrected chi connectivity index (χ3v) is 5.27. The molecule has 0 saturated heterocycles. The first kappa shape index (κ1) is 30.8. The van der Waals surface area contributed by atoms with Gasteiger partial charge in [-0.2, -0.15) is 0 Å². The quantitative estimate of drug-likeness (QED) is 0.0646. The van der Waals surface area contributed by atoms with Crippen molar-refractivity contribution >= 4 is 35.6 Å². The number of carbonyl (C=O) groups is 5. The van der Waals surface area contributed by atoms with Crippen molar-refractivity contribution in [1.82, 2.24) is 16.0 Å². The summed E-state index contributed by atoms with van der Waals surface area (Å²) in [5.74, 6) is -4.20. The average molecular weight is 521 g/mol. The molecule has 0 heterocycles. The van der Waals surface area contributed by atoms with E-state index >= 15 is 0 Å². The molecule has 0 bridgehead atoms. The summed E-state index contributed by atoms with van der Waals surface area (Å²) in [4.78, 5) is 64.6. The SMILES string of the molecule is CC(NC(=O)C(N)CCCN=C(N)N)C(=O)NC(CCC(N)=O)C(=O)NC(Cc1ccccc1)C(=O)O. The zero-order valence-corrected chi connectivity index (χ0v) is 20.7. The van der Waals surface area contributed by atoms with Crippen LogP contribution in [0.15, 0.2) is 35.3 Å². The standard InChI is InChI=1S/C23H36N8O6/c1-13(29-20(34)15(24)8-5-11-28-23(26)27)19(33)30-16(9-10-18(25)32)21(35)31-17(22(36)37)12-14-6-3-2-4-7-14/h2-4,6-7,13,15-17H,5,8-12,24H2,1H3,(H2,25,32)(H,29,34)(H,30,33)(H,31,35)(H,36,37)(H4,26,27,28). The number of carbonyl (C=O) groups excluding carboxylic acids is 4. The monoisotopic (exact) mass is 520 g/mol. The summed E-state index contributed by atoms with van der Waals surface area (Å²) in [6, 6.07) is 4.10. The van der Waals surface area contributed by atoms with Gasteiger partial charge < -0.3 is 44.0 Å². The number of nitrogens with zero attached hydrogens (tertiary/aromatic N) is 1. The number of carboxylic acid groups (broad SMARTS) is 1. The number of nitrogens with two attached hydrogens (primary N) is 4. The molecule has 4 atom stereocenters. The van der Waals surface area contributed by atoms with Crippen molar-refractivity contribution in [2.45, 2.75) is 63.2 Å². The number of primary amides is 1. The fraction of sp³-hybridized carbons (Fsp3) is 0.478. The molecule has 0 saturated carbocycles. The minimum Gasteiger partial charge on any atom is -0.480 e. The maximum atomic E-state index is 12.9. The highest BCUT2D eigenvalue weighted by atomic mass is 16.4. The van der Waals surface area contributed by atoms with Crippen molar-refractivity contribution in [3.8, 4) is 0 Å². The molecule has 0 aromatic heterocycles. The van der Waals surface area contributed by atoms with Gasteiger partial charge in [0, 0.05) is 19.4 Å². The minimum absolute atomic E-state index is 0.00589. The van der Waals surface area contributed by atoms with Crippen LogP contribution >= 0.6 is 0 Å². The maximum Gasteiger partial charge on any atom is 0.326 e. The highest BCUT2D eigenvalue weighted by Gasteiger charge is 2.29. The van der Waals surface area contributed by atoms with Gasteiger partial charge in [0.25, 0.3) is 0 Å². The molecular formula is C23H36N8O6. The van der Waals surface area contributed by atoms with Crippen molar-refractivity contribution in [2.24, 2.45) is 27.9 Å². The molecule has 0 aliphatic rings. The summed E-state index contributed by atoms with van der Waals surface area (Å²) < 4.78 is 0. The first-order valence-corrected chi connectivity index (χ1v) is 11.7. The Labute approximate surface area is 214 Å². The minimum atomic E-state index is -1.28. The van der Waals surface area contributed by atoms with Gasteiger partial charge in [-0.1, -0.05) is 30.3 Å². The largest absolute Gasteiger partial charge is 0.480 e. The van der Waals surface area contributed by atoms with E-state index in [2.05, 4.69) is 20.9 Å². The Bertz CT molecular complexity index is 967. The van der Waals surface area contributed by atoms with E-state index in [1.807, 2.05) is 0 Å². The molecule has 204 valence electrons. The second-order valence-electron chi connectivity index (χ2n) is 8.44. The van der Waals surface area contributed by atoms with Gasteiger partial charge in [-0.25, -0.2) is 4.79 Å². The first-order chi connectivity index (χ1) is 17.4. The van der Waals surface area contributed by atoms with Crippen molar-refractivity contribution in [3.05, 3.63) is 35.9 Å². The summed E-state index contributed by atoms with van der Waals surface area (Å²) >= 11 is 0. The molecule has 0 radical (unpaired) electrons. The van der Waals surface area contributed by atoms with Gasteiger partial charge in [0.05, 0.1) is 6.04 Å². The average Bonchev–Trinajstić information content (AvgIpc) is 2.83. The predicted molar refractivity (Wildman–Crippen MR) is 136 cm³/mol. The number of benzene rings is 1. The van der Waals surface area contributed by atoms with Gasteiger partial charge in [0.2, 0.25) is 23.6 Å². The van der Waals surface area contributed by atoms with E-state index in [4.69, 9.17) is 22.9 Å². The fourth-order valence-corrected chi connectivity index (χ4v) is 3.21. The lowest BCUT2D eigenvalue weighted by Gasteiger charge is -2.23. The molecule has 1 aromatic carbocycles. The van der Waals surface area contributed by atoms with Gasteiger partial charge >= 0.3 is 5.97 Å². The Morgan fingerprint density at radius 1 is 0.892 bits per heavy atom. The van der Waals surface area contributed by atoms with E-state index in [1.165, 1.54) is 6.92 Å². The Morgan fingerprint density at radius 3 is 2.08 bits per heavy atom. The summed E-state index contributed by atoms with van der Waals surface area (Å²) in [5, 5.41) is 16.8. The number of aliphatic carboxylic acids is 1. The maximum absolute atomic E-state index is 12.9. The number of aliphatic imine (C=N–C) groups is 1. The zero-order valence-electron chi connectivity index (χ0n) is 20.7. The number of guanidine groups is 1. The van der Waals surface area contributed by atoms with Crippen LogP contribution in [0.5, 0.6) is 0 Å². The van der Waals surface area contributed by atoms with Gasteiger partial charge in [0.1, 0.15) is 18.1 Å². The van der Waals surface area contributed by atoms with Crippen LogP contribution in [0.4, 0.5) is 0 Å². The lowest BCUT2D eigenvalue weighted by atomic mass is 10.0. The number of carboxylic acids is 1. The van der Waals surface area contributed by atoms with Crippen LogP contribution in [0.1, 0.15) is 38.2 Å². The molecule has 0 aliphatic carbocycles. The van der Waals surface area contributed by atoms with Crippen LogP contribution in [-0.4, -0.2) is 71.4 Å². The van der Waals surface area contributed by atoms with E-state index in [9.17, 15) is 29.1 Å². The van der Waals surface area contributed by atoms with Gasteiger partial charge in [-0.3, -0.25) is 24.2 Å². The molecule has 37 heavy (non-hydrogen) atoms. The molecule has 1 rings (SSSR count). The number of rotatable bonds is 16. The van der Waals surface area contributed by atoms with Crippen molar-refractivity contribution in [2.75, 3.05) is 6.54 Å². The molecule has 14 nitrogen and oxygen atoms in total. The first-order valence-electron chi connectivity index (χ1n) is 11.7. The van der Waals surface area contributed by atoms with E-state index in [0.29, 0.717) is 12.0 Å². The van der Waals surface area contributed by atoms with Crippen LogP contribution in [-0.2, 0) is 30.4 Å². The van der Waals surface area contributed by atoms with Crippen LogP contribution in [0, 0.1) is 0 Å². The highest BCUT2D eigenvalue weighted by Crippen LogP contribution is 2.06. The predicted octanol–water partition coefficient (Wildman–Crippen LogP) is -2.57. The summed E-state index contributed by atoms with van der Waals surface area (Å²) in [6.07, 6.45) is 0.298. The smallest absolute Gasteiger partial charge is 0.326 e. The van der Waals surface area contributed by atoms with Crippen LogP contribution in [0.3, 0.4) is 0 Å². The lowest BCUT2D eigenvalue weighted by Crippen LogP contribution is -2.56. The Balaban J connectivity index is 2.78. The van der Waals surface area contributed by atoms with E-state index in [1.54, 1.807) is 30.3 Å². The van der Waals surface area contributed by atoms with Crippen molar-refractivity contribution in [3.63, 3.8) is 0 Å². The van der Waals surface area contributed by atoms with Crippen LogP contribution in [0.2, 0.25) is 0 Å². The molecular weight excluding hydrogens is 484 g/mol. The second kappa shape index (κ2) is 15.7. The lowest BCUT2D eigenvalue weighted by molar-refractivity contribution is -0.142. The molecule has 0 spiro atoms. The number of hydrogen-bond acceptors (Lipinski definition) is 7. The summed E-state index contributed by atoms with van der Waals surface area (Å²) in [5.41, 5.74) is 22.2. The fourth-order valence-electron chi connectivity index (χ4n) is 3.21. The summed E-state index contributed by atoms with van der Waals surface area (Å²) in [7, 11) is 0. The summed E-state index contributed by atoms with van der Waals surface area (Å²) in [6.45, 7) is 1.68.